The number of alkyl halides is 2. The van der Waals surface area contributed by atoms with Crippen molar-refractivity contribution in [3.8, 4) is 0 Å². The number of rotatable bonds is 5. The normalized spacial score (nSPS) is 31.6. The second-order valence-corrected chi connectivity index (χ2v) is 9.42. The van der Waals surface area contributed by atoms with Crippen LogP contribution in [0.1, 0.15) is 37.6 Å². The summed E-state index contributed by atoms with van der Waals surface area (Å²) in [5, 5.41) is 6.73. The number of carbonyl (C=O) groups excluding carboxylic acids is 1. The van der Waals surface area contributed by atoms with Crippen molar-refractivity contribution >= 4 is 17.4 Å². The Labute approximate surface area is 190 Å². The quantitative estimate of drug-likeness (QED) is 0.728. The van der Waals surface area contributed by atoms with Crippen molar-refractivity contribution in [1.29, 1.82) is 0 Å². The number of hydrogen-bond donors (Lipinski definition) is 2. The van der Waals surface area contributed by atoms with Gasteiger partial charge in [0, 0.05) is 42.8 Å². The zero-order valence-corrected chi connectivity index (χ0v) is 18.1. The number of hydrogen-bond acceptors (Lipinski definition) is 6. The van der Waals surface area contributed by atoms with E-state index in [9.17, 15) is 13.6 Å². The van der Waals surface area contributed by atoms with E-state index in [0.29, 0.717) is 28.8 Å². The van der Waals surface area contributed by atoms with Gasteiger partial charge in [0.05, 0.1) is 17.3 Å². The predicted octanol–water partition coefficient (Wildman–Crippen LogP) is 3.17. The van der Waals surface area contributed by atoms with E-state index < -0.39 is 6.43 Å². The maximum absolute atomic E-state index is 13.8. The Bertz CT molecular complexity index is 1150. The lowest BCUT2D eigenvalue weighted by atomic mass is 9.71. The third-order valence-corrected chi connectivity index (χ3v) is 7.45. The molecule has 2 aliphatic heterocycles. The van der Waals surface area contributed by atoms with Crippen LogP contribution >= 0.6 is 0 Å². The molecule has 3 fully saturated rings. The van der Waals surface area contributed by atoms with Crippen molar-refractivity contribution in [2.45, 2.75) is 44.3 Å². The number of amides is 1. The van der Waals surface area contributed by atoms with E-state index in [2.05, 4.69) is 25.6 Å². The summed E-state index contributed by atoms with van der Waals surface area (Å²) in [4.78, 5) is 28.6. The SMILES string of the molecule is CC1C=CC(C(=O)N2CC3CC34CC(Nc3ccc(C(F)F)cn3)C24)=C(c2ncccn2)N1. The molecule has 5 atom stereocenters. The number of anilines is 1. The summed E-state index contributed by atoms with van der Waals surface area (Å²) >= 11 is 0. The molecule has 2 saturated carbocycles. The van der Waals surface area contributed by atoms with Crippen molar-refractivity contribution in [2.24, 2.45) is 11.3 Å². The molecule has 0 bridgehead atoms. The van der Waals surface area contributed by atoms with Crippen LogP contribution in [0.2, 0.25) is 0 Å². The number of nitrogens with zero attached hydrogens (tertiary/aromatic N) is 4. The summed E-state index contributed by atoms with van der Waals surface area (Å²) in [6.07, 6.45) is 7.94. The summed E-state index contributed by atoms with van der Waals surface area (Å²) in [7, 11) is 0. The predicted molar refractivity (Wildman–Crippen MR) is 118 cm³/mol. The minimum Gasteiger partial charge on any atom is -0.375 e. The highest BCUT2D eigenvalue weighted by Gasteiger charge is 2.75. The van der Waals surface area contributed by atoms with Gasteiger partial charge in [0.15, 0.2) is 5.82 Å². The van der Waals surface area contributed by atoms with Gasteiger partial charge in [-0.25, -0.2) is 23.7 Å². The molecular weight excluding hydrogens is 426 g/mol. The molecule has 170 valence electrons. The third kappa shape index (κ3) is 3.20. The average Bonchev–Trinajstić information content (AvgIpc) is 3.47. The van der Waals surface area contributed by atoms with Crippen molar-refractivity contribution in [1.82, 2.24) is 25.2 Å². The fourth-order valence-electron chi connectivity index (χ4n) is 5.79. The highest BCUT2D eigenvalue weighted by atomic mass is 19.3. The Balaban J connectivity index is 1.26. The van der Waals surface area contributed by atoms with Gasteiger partial charge in [-0.05, 0) is 55.4 Å². The first-order valence-electron chi connectivity index (χ1n) is 11.2. The number of likely N-dealkylation sites (tertiary alicyclic amines) is 1. The number of carbonyl (C=O) groups is 1. The van der Waals surface area contributed by atoms with Crippen LogP contribution in [0, 0.1) is 11.3 Å². The lowest BCUT2D eigenvalue weighted by Crippen LogP contribution is -2.60. The van der Waals surface area contributed by atoms with Gasteiger partial charge >= 0.3 is 0 Å². The molecule has 0 aromatic carbocycles. The monoisotopic (exact) mass is 450 g/mol. The molecule has 1 spiro atoms. The molecule has 4 heterocycles. The molecule has 33 heavy (non-hydrogen) atoms. The maximum atomic E-state index is 13.8. The molecule has 1 saturated heterocycles. The zero-order chi connectivity index (χ0) is 22.7. The van der Waals surface area contributed by atoms with Gasteiger partial charge in [0.25, 0.3) is 12.3 Å². The van der Waals surface area contributed by atoms with E-state index in [0.717, 1.165) is 19.4 Å². The number of piperidine rings is 1. The Hall–Kier alpha value is -3.36. The van der Waals surface area contributed by atoms with Crippen LogP contribution in [0.15, 0.2) is 54.5 Å². The molecule has 5 unspecified atom stereocenters. The van der Waals surface area contributed by atoms with Gasteiger partial charge in [-0.2, -0.15) is 0 Å². The van der Waals surface area contributed by atoms with Gasteiger partial charge in [0.1, 0.15) is 5.82 Å². The molecule has 0 radical (unpaired) electrons. The summed E-state index contributed by atoms with van der Waals surface area (Å²) in [5.41, 5.74) is 1.30. The van der Waals surface area contributed by atoms with Crippen molar-refractivity contribution in [3.05, 3.63) is 65.9 Å². The van der Waals surface area contributed by atoms with Gasteiger partial charge in [-0.15, -0.1) is 0 Å². The Kier molecular flexibility index (Phi) is 4.50. The molecule has 2 aliphatic carbocycles. The van der Waals surface area contributed by atoms with E-state index >= 15 is 0 Å². The third-order valence-electron chi connectivity index (χ3n) is 7.45. The molecule has 9 heteroatoms. The van der Waals surface area contributed by atoms with E-state index in [-0.39, 0.29) is 35.0 Å². The van der Waals surface area contributed by atoms with Crippen molar-refractivity contribution in [3.63, 3.8) is 0 Å². The summed E-state index contributed by atoms with van der Waals surface area (Å²) in [6.45, 7) is 2.74. The molecule has 6 rings (SSSR count). The van der Waals surface area contributed by atoms with Gasteiger partial charge < -0.3 is 15.5 Å². The molecule has 2 aromatic rings. The molecular formula is C24H24F2N6O. The van der Waals surface area contributed by atoms with E-state index in [1.165, 1.54) is 12.3 Å². The molecule has 1 amide bonds. The number of pyridine rings is 1. The first-order valence-corrected chi connectivity index (χ1v) is 11.2. The van der Waals surface area contributed by atoms with Crippen LogP contribution in [0.25, 0.3) is 5.70 Å². The van der Waals surface area contributed by atoms with Gasteiger partial charge in [-0.1, -0.05) is 6.08 Å². The number of halogens is 2. The number of nitrogens with one attached hydrogen (secondary N) is 2. The first kappa shape index (κ1) is 20.3. The highest BCUT2D eigenvalue weighted by Crippen LogP contribution is 2.71. The summed E-state index contributed by atoms with van der Waals surface area (Å²) < 4.78 is 25.7. The number of dihydropyridines is 1. The van der Waals surface area contributed by atoms with Crippen LogP contribution < -0.4 is 10.6 Å². The second-order valence-electron chi connectivity index (χ2n) is 9.42. The fourth-order valence-corrected chi connectivity index (χ4v) is 5.79. The standard InChI is InChI=1S/C24H24F2N6O/c1-13-3-5-16(19(30-13)22-27-7-2-8-28-22)23(33)32-12-15-9-24(15)10-17(20(24)32)31-18-6-4-14(11-29-18)21(25)26/h2-8,11,13,15,17,20-21,30H,9-10,12H2,1H3,(H,29,31). The Morgan fingerprint density at radius 1 is 1.24 bits per heavy atom. The molecule has 2 N–H and O–H groups in total. The smallest absolute Gasteiger partial charge is 0.265 e. The molecule has 7 nitrogen and oxygen atoms in total. The minimum absolute atomic E-state index is 0.0304. The van der Waals surface area contributed by atoms with Crippen LogP contribution in [0.3, 0.4) is 0 Å². The molecule has 2 aromatic heterocycles. The number of aromatic nitrogens is 3. The minimum atomic E-state index is -2.54. The highest BCUT2D eigenvalue weighted by molar-refractivity contribution is 6.04. The largest absolute Gasteiger partial charge is 0.375 e. The van der Waals surface area contributed by atoms with Crippen LogP contribution in [0.4, 0.5) is 14.6 Å². The second kappa shape index (κ2) is 7.33. The van der Waals surface area contributed by atoms with Crippen molar-refractivity contribution in [2.75, 3.05) is 11.9 Å². The van der Waals surface area contributed by atoms with Gasteiger partial charge in [0.2, 0.25) is 0 Å². The van der Waals surface area contributed by atoms with E-state index in [1.807, 2.05) is 24.0 Å². The van der Waals surface area contributed by atoms with Crippen LogP contribution in [-0.4, -0.2) is 50.4 Å². The fraction of sp³-hybridized carbons (Fsp3) is 0.417. The summed E-state index contributed by atoms with van der Waals surface area (Å²) in [6, 6.07) is 4.90. The lowest BCUT2D eigenvalue weighted by molar-refractivity contribution is -0.131. The van der Waals surface area contributed by atoms with Gasteiger partial charge in [-0.3, -0.25) is 4.79 Å². The maximum Gasteiger partial charge on any atom is 0.265 e. The first-order chi connectivity index (χ1) is 16.0. The molecule has 4 aliphatic rings. The van der Waals surface area contributed by atoms with Crippen LogP contribution in [0.5, 0.6) is 0 Å². The van der Waals surface area contributed by atoms with Crippen molar-refractivity contribution < 1.29 is 13.6 Å². The zero-order valence-electron chi connectivity index (χ0n) is 18.1. The Morgan fingerprint density at radius 3 is 2.79 bits per heavy atom. The topological polar surface area (TPSA) is 83.0 Å². The lowest BCUT2D eigenvalue weighted by Gasteiger charge is -2.48. The van der Waals surface area contributed by atoms with E-state index in [4.69, 9.17) is 0 Å². The Morgan fingerprint density at radius 2 is 2.06 bits per heavy atom. The average molecular weight is 450 g/mol. The van der Waals surface area contributed by atoms with Crippen LogP contribution in [-0.2, 0) is 4.79 Å². The van der Waals surface area contributed by atoms with E-state index in [1.54, 1.807) is 24.5 Å². The summed E-state index contributed by atoms with van der Waals surface area (Å²) in [5.74, 6) is 1.55.